The van der Waals surface area contributed by atoms with Gasteiger partial charge in [-0.1, -0.05) is 30.3 Å². The van der Waals surface area contributed by atoms with Gasteiger partial charge in [0.2, 0.25) is 11.9 Å². The number of nitrogen functional groups attached to an aromatic ring is 2. The van der Waals surface area contributed by atoms with Gasteiger partial charge in [0.25, 0.3) is 11.8 Å². The van der Waals surface area contributed by atoms with Crippen LogP contribution in [0.4, 0.5) is 16.7 Å². The third-order valence-electron chi connectivity index (χ3n) is 3.30. The topological polar surface area (TPSA) is 166 Å². The Balaban J connectivity index is 1.77. The van der Waals surface area contributed by atoms with Crippen molar-refractivity contribution in [1.82, 2.24) is 25.6 Å². The summed E-state index contributed by atoms with van der Waals surface area (Å²) < 4.78 is 0. The smallest absolute Gasteiger partial charge is 0.328 e. The number of benzene rings is 1. The van der Waals surface area contributed by atoms with Crippen LogP contribution in [0.25, 0.3) is 18.2 Å². The molecule has 1 aromatic heterocycles. The Bertz CT molecular complexity index is 922. The largest absolute Gasteiger partial charge is 0.368 e. The first-order valence-electron chi connectivity index (χ1n) is 7.34. The summed E-state index contributed by atoms with van der Waals surface area (Å²) in [6.45, 7) is 0. The van der Waals surface area contributed by atoms with Crippen LogP contribution >= 0.6 is 0 Å². The number of carbonyl (C=O) groups excluding carboxylic acids is 3. The van der Waals surface area contributed by atoms with E-state index in [9.17, 15) is 14.4 Å². The summed E-state index contributed by atoms with van der Waals surface area (Å²) >= 11 is 0. The highest BCUT2D eigenvalue weighted by Gasteiger charge is 2.27. The molecule has 1 aromatic carbocycles. The number of aromatic nitrogens is 3. The second kappa shape index (κ2) is 6.81. The third-order valence-corrected chi connectivity index (χ3v) is 3.30. The number of urea groups is 1. The highest BCUT2D eigenvalue weighted by molar-refractivity contribution is 6.31. The predicted octanol–water partition coefficient (Wildman–Crippen LogP) is -0.0442. The summed E-state index contributed by atoms with van der Waals surface area (Å²) in [5.41, 5.74) is 12.3. The first-order chi connectivity index (χ1) is 12.4. The number of nitrogens with two attached hydrogens (primary N) is 2. The Morgan fingerprint density at radius 1 is 0.769 bits per heavy atom. The van der Waals surface area contributed by atoms with E-state index in [0.717, 1.165) is 5.56 Å². The van der Waals surface area contributed by atoms with Crippen molar-refractivity contribution in [1.29, 1.82) is 0 Å². The van der Waals surface area contributed by atoms with Crippen LogP contribution in [0.2, 0.25) is 0 Å². The molecule has 1 fully saturated rings. The number of hydrogen-bond acceptors (Lipinski definition) is 8. The van der Waals surface area contributed by atoms with Gasteiger partial charge in [-0.2, -0.15) is 15.0 Å². The Hall–Kier alpha value is -4.08. The highest BCUT2D eigenvalue weighted by atomic mass is 16.2. The van der Waals surface area contributed by atoms with Gasteiger partial charge < -0.3 is 11.5 Å². The summed E-state index contributed by atoms with van der Waals surface area (Å²) in [4.78, 5) is 45.9. The van der Waals surface area contributed by atoms with Gasteiger partial charge in [-0.3, -0.25) is 20.2 Å². The van der Waals surface area contributed by atoms with Gasteiger partial charge in [0.15, 0.2) is 5.82 Å². The molecule has 6 N–H and O–H groups in total. The van der Waals surface area contributed by atoms with Crippen LogP contribution in [0.15, 0.2) is 29.8 Å². The minimum absolute atomic E-state index is 0.0293. The van der Waals surface area contributed by atoms with Gasteiger partial charge in [0.05, 0.1) is 0 Å². The first kappa shape index (κ1) is 16.8. The second-order valence-electron chi connectivity index (χ2n) is 5.21. The molecular weight excluding hydrogens is 338 g/mol. The Morgan fingerprint density at radius 3 is 1.88 bits per heavy atom. The Labute approximate surface area is 147 Å². The summed E-state index contributed by atoms with van der Waals surface area (Å²) in [7, 11) is 0. The lowest BCUT2D eigenvalue weighted by atomic mass is 10.1. The van der Waals surface area contributed by atoms with Crippen molar-refractivity contribution in [3.05, 3.63) is 46.8 Å². The Kier molecular flexibility index (Phi) is 4.39. The van der Waals surface area contributed by atoms with Crippen molar-refractivity contribution < 1.29 is 14.4 Å². The number of carbonyl (C=O) groups is 3. The molecule has 0 atom stereocenters. The molecule has 3 rings (SSSR count). The van der Waals surface area contributed by atoms with Crippen LogP contribution in [0.1, 0.15) is 17.0 Å². The van der Waals surface area contributed by atoms with E-state index in [1.54, 1.807) is 36.4 Å². The lowest BCUT2D eigenvalue weighted by Crippen LogP contribution is -2.51. The fourth-order valence-electron chi connectivity index (χ4n) is 2.15. The van der Waals surface area contributed by atoms with Crippen molar-refractivity contribution in [2.45, 2.75) is 0 Å². The molecule has 10 nitrogen and oxygen atoms in total. The molecule has 10 heteroatoms. The number of hydrogen-bond donors (Lipinski definition) is 4. The van der Waals surface area contributed by atoms with Gasteiger partial charge in [-0.25, -0.2) is 4.79 Å². The van der Waals surface area contributed by atoms with Crippen LogP contribution in [0.3, 0.4) is 0 Å². The van der Waals surface area contributed by atoms with Crippen molar-refractivity contribution >= 4 is 48.0 Å². The van der Waals surface area contributed by atoms with Crippen LogP contribution in [-0.4, -0.2) is 32.8 Å². The summed E-state index contributed by atoms with van der Waals surface area (Å²) in [5, 5.41) is 4.02. The lowest BCUT2D eigenvalue weighted by Gasteiger charge is -2.13. The molecular formula is C16H13N7O3. The molecule has 0 aliphatic carbocycles. The molecule has 0 radical (unpaired) electrons. The minimum atomic E-state index is -0.836. The van der Waals surface area contributed by atoms with E-state index in [1.807, 2.05) is 10.6 Å². The van der Waals surface area contributed by atoms with E-state index in [0.29, 0.717) is 11.4 Å². The van der Waals surface area contributed by atoms with E-state index in [4.69, 9.17) is 11.5 Å². The fraction of sp³-hybridized carbons (Fsp3) is 0. The summed E-state index contributed by atoms with van der Waals surface area (Å²) in [5.74, 6) is -1.11. The summed E-state index contributed by atoms with van der Waals surface area (Å²) in [6, 6.07) is 6.11. The highest BCUT2D eigenvalue weighted by Crippen LogP contribution is 2.13. The fourth-order valence-corrected chi connectivity index (χ4v) is 2.15. The maximum absolute atomic E-state index is 11.7. The molecule has 1 saturated heterocycles. The normalized spacial score (nSPS) is 14.3. The Morgan fingerprint density at radius 2 is 1.31 bits per heavy atom. The average molecular weight is 351 g/mol. The van der Waals surface area contributed by atoms with Crippen molar-refractivity contribution in [2.24, 2.45) is 0 Å². The predicted molar refractivity (Wildman–Crippen MR) is 93.7 cm³/mol. The van der Waals surface area contributed by atoms with E-state index in [2.05, 4.69) is 15.0 Å². The standard InChI is InChI=1S/C16H13N7O3/c17-14-19-11(20-15(18)23-14)6-5-8-1-3-9(4-2-8)7-10-12(24)21-16(26)22-13(10)25/h1-7H,(H4,17,18,19,20,23)(H2,21,22,24,25,26). The number of rotatable bonds is 3. The SMILES string of the molecule is Nc1nc(N)nc(C=Cc2ccc(C=C3C(=O)NC(=O)NC3=O)cc2)n1. The molecule has 0 bridgehead atoms. The van der Waals surface area contributed by atoms with Crippen LogP contribution in [0.5, 0.6) is 0 Å². The molecule has 2 heterocycles. The van der Waals surface area contributed by atoms with Crippen molar-refractivity contribution in [3.63, 3.8) is 0 Å². The molecule has 4 amide bonds. The maximum Gasteiger partial charge on any atom is 0.328 e. The zero-order valence-corrected chi connectivity index (χ0v) is 13.3. The van der Waals surface area contributed by atoms with Gasteiger partial charge in [0.1, 0.15) is 5.57 Å². The second-order valence-corrected chi connectivity index (χ2v) is 5.21. The molecule has 26 heavy (non-hydrogen) atoms. The zero-order valence-electron chi connectivity index (χ0n) is 13.3. The quantitative estimate of drug-likeness (QED) is 0.441. The monoisotopic (exact) mass is 351 g/mol. The summed E-state index contributed by atoms with van der Waals surface area (Å²) in [6.07, 6.45) is 4.75. The number of barbiturate groups is 1. The van der Waals surface area contributed by atoms with Gasteiger partial charge >= 0.3 is 6.03 Å². The number of anilines is 2. The molecule has 0 saturated carbocycles. The van der Waals surface area contributed by atoms with E-state index < -0.39 is 17.8 Å². The number of nitrogens with one attached hydrogen (secondary N) is 2. The first-order valence-corrected chi connectivity index (χ1v) is 7.34. The van der Waals surface area contributed by atoms with Gasteiger partial charge in [0, 0.05) is 0 Å². The van der Waals surface area contributed by atoms with Crippen LogP contribution < -0.4 is 22.1 Å². The molecule has 0 spiro atoms. The third kappa shape index (κ3) is 3.87. The van der Waals surface area contributed by atoms with E-state index in [-0.39, 0.29) is 17.5 Å². The zero-order chi connectivity index (χ0) is 18.7. The minimum Gasteiger partial charge on any atom is -0.368 e. The molecule has 1 aliphatic rings. The molecule has 130 valence electrons. The van der Waals surface area contributed by atoms with Crippen molar-refractivity contribution in [3.8, 4) is 0 Å². The van der Waals surface area contributed by atoms with E-state index >= 15 is 0 Å². The number of nitrogens with zero attached hydrogens (tertiary/aromatic N) is 3. The van der Waals surface area contributed by atoms with Gasteiger partial charge in [-0.15, -0.1) is 0 Å². The number of imide groups is 2. The molecule has 1 aliphatic heterocycles. The maximum atomic E-state index is 11.7. The molecule has 2 aromatic rings. The van der Waals surface area contributed by atoms with Crippen LogP contribution in [0, 0.1) is 0 Å². The molecule has 0 unspecified atom stereocenters. The van der Waals surface area contributed by atoms with Crippen molar-refractivity contribution in [2.75, 3.05) is 11.5 Å². The lowest BCUT2D eigenvalue weighted by molar-refractivity contribution is -0.123. The van der Waals surface area contributed by atoms with E-state index in [1.165, 1.54) is 6.08 Å². The average Bonchev–Trinajstić information content (AvgIpc) is 2.56. The van der Waals surface area contributed by atoms with Gasteiger partial charge in [-0.05, 0) is 23.3 Å². The number of amides is 4. The van der Waals surface area contributed by atoms with Crippen LogP contribution in [-0.2, 0) is 9.59 Å².